The largest absolute Gasteiger partial charge is 0.0949 e. The third-order valence-corrected chi connectivity index (χ3v) is 3.03. The van der Waals surface area contributed by atoms with Crippen molar-refractivity contribution in [2.45, 2.75) is 13.3 Å². The molecule has 0 amide bonds. The highest BCUT2D eigenvalue weighted by atomic mass is 79.9. The topological polar surface area (TPSA) is 0 Å². The molecule has 0 saturated heterocycles. The Morgan fingerprint density at radius 3 is 3.00 bits per heavy atom. The SMILES string of the molecule is C=C1c2cc(Br)ccc2CC1C. The summed E-state index contributed by atoms with van der Waals surface area (Å²) in [5, 5.41) is 0. The van der Waals surface area contributed by atoms with Crippen LogP contribution in [0.3, 0.4) is 0 Å². The number of benzene rings is 1. The van der Waals surface area contributed by atoms with E-state index in [1.807, 2.05) is 0 Å². The van der Waals surface area contributed by atoms with Crippen LogP contribution in [0.2, 0.25) is 0 Å². The fraction of sp³-hybridized carbons (Fsp3) is 0.273. The molecule has 2 rings (SSSR count). The summed E-state index contributed by atoms with van der Waals surface area (Å²) in [6, 6.07) is 6.46. The molecule has 12 heavy (non-hydrogen) atoms. The van der Waals surface area contributed by atoms with Crippen molar-refractivity contribution < 1.29 is 0 Å². The van der Waals surface area contributed by atoms with Crippen molar-refractivity contribution in [3.05, 3.63) is 40.4 Å². The number of halogens is 1. The molecular formula is C11H11Br. The molecule has 0 heterocycles. The molecule has 0 radical (unpaired) electrons. The van der Waals surface area contributed by atoms with Crippen molar-refractivity contribution >= 4 is 21.5 Å². The molecule has 0 fully saturated rings. The van der Waals surface area contributed by atoms with Gasteiger partial charge in [-0.05, 0) is 41.2 Å². The summed E-state index contributed by atoms with van der Waals surface area (Å²) in [6.45, 7) is 6.33. The summed E-state index contributed by atoms with van der Waals surface area (Å²) >= 11 is 3.47. The van der Waals surface area contributed by atoms with E-state index in [1.165, 1.54) is 16.7 Å². The number of hydrogen-bond donors (Lipinski definition) is 0. The van der Waals surface area contributed by atoms with Gasteiger partial charge >= 0.3 is 0 Å². The molecule has 1 unspecified atom stereocenters. The lowest BCUT2D eigenvalue weighted by Crippen LogP contribution is -1.87. The van der Waals surface area contributed by atoms with Gasteiger partial charge in [-0.15, -0.1) is 0 Å². The van der Waals surface area contributed by atoms with Crippen LogP contribution in [0.15, 0.2) is 29.3 Å². The first-order chi connectivity index (χ1) is 5.68. The summed E-state index contributed by atoms with van der Waals surface area (Å²) in [6.07, 6.45) is 1.15. The normalized spacial score (nSPS) is 21.2. The minimum Gasteiger partial charge on any atom is -0.0949 e. The Labute approximate surface area is 81.4 Å². The molecular weight excluding hydrogens is 212 g/mol. The van der Waals surface area contributed by atoms with Gasteiger partial charge in [0.1, 0.15) is 0 Å². The van der Waals surface area contributed by atoms with Crippen molar-refractivity contribution in [2.24, 2.45) is 5.92 Å². The van der Waals surface area contributed by atoms with E-state index in [1.54, 1.807) is 0 Å². The molecule has 1 atom stereocenters. The number of allylic oxidation sites excluding steroid dienone is 1. The Kier molecular flexibility index (Phi) is 1.84. The van der Waals surface area contributed by atoms with Gasteiger partial charge < -0.3 is 0 Å². The van der Waals surface area contributed by atoms with Gasteiger partial charge in [0.2, 0.25) is 0 Å². The van der Waals surface area contributed by atoms with Crippen LogP contribution in [0, 0.1) is 5.92 Å². The maximum atomic E-state index is 4.10. The van der Waals surface area contributed by atoms with Gasteiger partial charge in [0.05, 0.1) is 0 Å². The molecule has 0 saturated carbocycles. The second-order valence-electron chi connectivity index (χ2n) is 3.43. The lowest BCUT2D eigenvalue weighted by molar-refractivity contribution is 0.782. The monoisotopic (exact) mass is 222 g/mol. The van der Waals surface area contributed by atoms with Crippen molar-refractivity contribution in [1.29, 1.82) is 0 Å². The van der Waals surface area contributed by atoms with Gasteiger partial charge in [0, 0.05) is 4.47 Å². The van der Waals surface area contributed by atoms with E-state index < -0.39 is 0 Å². The lowest BCUT2D eigenvalue weighted by Gasteiger charge is -2.01. The third-order valence-electron chi connectivity index (χ3n) is 2.54. The Hall–Kier alpha value is -0.560. The second-order valence-corrected chi connectivity index (χ2v) is 4.35. The predicted octanol–water partition coefficient (Wildman–Crippen LogP) is 3.65. The average molecular weight is 223 g/mol. The highest BCUT2D eigenvalue weighted by molar-refractivity contribution is 9.10. The van der Waals surface area contributed by atoms with Gasteiger partial charge in [-0.1, -0.05) is 35.5 Å². The molecule has 0 bridgehead atoms. The molecule has 0 N–H and O–H groups in total. The quantitative estimate of drug-likeness (QED) is 0.629. The van der Waals surface area contributed by atoms with Gasteiger partial charge in [0.25, 0.3) is 0 Å². The van der Waals surface area contributed by atoms with Crippen molar-refractivity contribution in [3.8, 4) is 0 Å². The minimum atomic E-state index is 0.620. The number of fused-ring (bicyclic) bond motifs is 1. The smallest absolute Gasteiger partial charge is 0.0181 e. The summed E-state index contributed by atoms with van der Waals surface area (Å²) in [4.78, 5) is 0. The Balaban J connectivity index is 2.56. The second kappa shape index (κ2) is 2.74. The Bertz CT molecular complexity index is 339. The summed E-state index contributed by atoms with van der Waals surface area (Å²) in [5.74, 6) is 0.620. The number of rotatable bonds is 0. The van der Waals surface area contributed by atoms with Crippen LogP contribution in [0.5, 0.6) is 0 Å². The molecule has 62 valence electrons. The van der Waals surface area contributed by atoms with E-state index >= 15 is 0 Å². The summed E-state index contributed by atoms with van der Waals surface area (Å²) in [7, 11) is 0. The molecule has 0 aromatic heterocycles. The molecule has 1 aromatic carbocycles. The predicted molar refractivity (Wildman–Crippen MR) is 56.0 cm³/mol. The fourth-order valence-corrected chi connectivity index (χ4v) is 2.11. The molecule has 1 heteroatoms. The third kappa shape index (κ3) is 1.13. The van der Waals surface area contributed by atoms with E-state index in [2.05, 4.69) is 47.6 Å². The zero-order chi connectivity index (χ0) is 8.72. The molecule has 1 aliphatic carbocycles. The standard InChI is InChI=1S/C11H11Br/c1-7-5-9-3-4-10(12)6-11(9)8(7)2/h3-4,6-7H,2,5H2,1H3. The molecule has 1 aromatic rings. The van der Waals surface area contributed by atoms with Crippen molar-refractivity contribution in [2.75, 3.05) is 0 Å². The van der Waals surface area contributed by atoms with E-state index in [0.717, 1.165) is 10.9 Å². The van der Waals surface area contributed by atoms with Gasteiger partial charge in [0.15, 0.2) is 0 Å². The zero-order valence-electron chi connectivity index (χ0n) is 7.10. The number of hydrogen-bond acceptors (Lipinski definition) is 0. The van der Waals surface area contributed by atoms with E-state index in [-0.39, 0.29) is 0 Å². The highest BCUT2D eigenvalue weighted by Crippen LogP contribution is 2.36. The average Bonchev–Trinajstić information content (AvgIpc) is 2.31. The summed E-state index contributed by atoms with van der Waals surface area (Å²) < 4.78 is 1.15. The van der Waals surface area contributed by atoms with Crippen LogP contribution >= 0.6 is 15.9 Å². The molecule has 0 spiro atoms. The first-order valence-corrected chi connectivity index (χ1v) is 4.95. The van der Waals surface area contributed by atoms with E-state index in [0.29, 0.717) is 5.92 Å². The van der Waals surface area contributed by atoms with Gasteiger partial charge in [-0.2, -0.15) is 0 Å². The van der Waals surface area contributed by atoms with Crippen LogP contribution in [-0.2, 0) is 6.42 Å². The van der Waals surface area contributed by atoms with Crippen LogP contribution in [-0.4, -0.2) is 0 Å². The molecule has 0 aliphatic heterocycles. The van der Waals surface area contributed by atoms with E-state index in [4.69, 9.17) is 0 Å². The lowest BCUT2D eigenvalue weighted by atomic mass is 10.0. The van der Waals surface area contributed by atoms with Gasteiger partial charge in [-0.3, -0.25) is 0 Å². The summed E-state index contributed by atoms with van der Waals surface area (Å²) in [5.41, 5.74) is 4.07. The van der Waals surface area contributed by atoms with E-state index in [9.17, 15) is 0 Å². The highest BCUT2D eigenvalue weighted by Gasteiger charge is 2.21. The Morgan fingerprint density at radius 2 is 2.25 bits per heavy atom. The maximum Gasteiger partial charge on any atom is 0.0181 e. The minimum absolute atomic E-state index is 0.620. The molecule has 0 nitrogen and oxygen atoms in total. The van der Waals surface area contributed by atoms with Crippen LogP contribution < -0.4 is 0 Å². The van der Waals surface area contributed by atoms with Crippen LogP contribution in [0.25, 0.3) is 5.57 Å². The van der Waals surface area contributed by atoms with Crippen molar-refractivity contribution in [3.63, 3.8) is 0 Å². The van der Waals surface area contributed by atoms with Crippen LogP contribution in [0.4, 0.5) is 0 Å². The fourth-order valence-electron chi connectivity index (χ4n) is 1.74. The first-order valence-electron chi connectivity index (χ1n) is 4.16. The van der Waals surface area contributed by atoms with Crippen LogP contribution in [0.1, 0.15) is 18.1 Å². The van der Waals surface area contributed by atoms with Crippen molar-refractivity contribution in [1.82, 2.24) is 0 Å². The Morgan fingerprint density at radius 1 is 1.50 bits per heavy atom. The zero-order valence-corrected chi connectivity index (χ0v) is 8.69. The first kappa shape index (κ1) is 8.06. The van der Waals surface area contributed by atoms with Gasteiger partial charge in [-0.25, -0.2) is 0 Å². The molecule has 1 aliphatic rings. The maximum absolute atomic E-state index is 4.10.